The topological polar surface area (TPSA) is 12.9 Å². The van der Waals surface area contributed by atoms with Gasteiger partial charge in [-0.05, 0) is 0 Å². The number of fused-ring (bicyclic) bond motifs is 3. The summed E-state index contributed by atoms with van der Waals surface area (Å²) in [6.07, 6.45) is 0. The van der Waals surface area contributed by atoms with E-state index in [1.807, 2.05) is 5.51 Å². The van der Waals surface area contributed by atoms with Crippen LogP contribution in [0.1, 0.15) is 0 Å². The Kier molecular flexibility index (Phi) is 1.38. The maximum absolute atomic E-state index is 4.36. The molecular weight excluding hydrogens is 233 g/mol. The third kappa shape index (κ3) is 0.815. The molecule has 12 heavy (non-hydrogen) atoms. The van der Waals surface area contributed by atoms with Crippen molar-refractivity contribution in [3.8, 4) is 0 Å². The Morgan fingerprint density at radius 1 is 1.25 bits per heavy atom. The third-order valence-corrected chi connectivity index (χ3v) is 5.29. The van der Waals surface area contributed by atoms with E-state index in [2.05, 4.69) is 29.2 Å². The first-order chi connectivity index (χ1) is 5.95. The number of benzene rings is 1. The summed E-state index contributed by atoms with van der Waals surface area (Å²) in [6, 6.07) is 8.62. The van der Waals surface area contributed by atoms with Crippen molar-refractivity contribution >= 4 is 44.6 Å². The van der Waals surface area contributed by atoms with Crippen molar-refractivity contribution in [2.45, 2.75) is 0 Å². The molecule has 58 valence electrons. The van der Waals surface area contributed by atoms with Crippen molar-refractivity contribution in [3.05, 3.63) is 29.8 Å². The maximum atomic E-state index is 4.36. The summed E-state index contributed by atoms with van der Waals surface area (Å²) >= 11 is 2.22. The van der Waals surface area contributed by atoms with Gasteiger partial charge in [-0.3, -0.25) is 0 Å². The molecule has 0 fully saturated rings. The van der Waals surface area contributed by atoms with E-state index in [0.29, 0.717) is 14.5 Å². The molecule has 3 heteroatoms. The van der Waals surface area contributed by atoms with Crippen LogP contribution in [0.15, 0.2) is 29.8 Å². The number of hydrogen-bond acceptors (Lipinski definition) is 2. The molecule has 0 aliphatic rings. The second-order valence-corrected chi connectivity index (χ2v) is 5.60. The third-order valence-electron chi connectivity index (χ3n) is 1.87. The molecule has 0 aliphatic heterocycles. The SMILES string of the molecule is c1ccc2c(c1)[se]c1ncsc12. The fourth-order valence-electron chi connectivity index (χ4n) is 1.33. The normalized spacial score (nSPS) is 11.3. The van der Waals surface area contributed by atoms with Crippen molar-refractivity contribution in [2.24, 2.45) is 0 Å². The molecule has 0 radical (unpaired) electrons. The van der Waals surface area contributed by atoms with E-state index >= 15 is 0 Å². The zero-order valence-corrected chi connectivity index (χ0v) is 8.68. The molecule has 0 N–H and O–H groups in total. The Hall–Kier alpha value is -0.631. The Morgan fingerprint density at radius 3 is 3.17 bits per heavy atom. The van der Waals surface area contributed by atoms with Crippen molar-refractivity contribution in [2.75, 3.05) is 0 Å². The summed E-state index contributed by atoms with van der Waals surface area (Å²) < 4.78 is 4.19. The van der Waals surface area contributed by atoms with Crippen LogP contribution in [0, 0.1) is 0 Å². The molecule has 1 nitrogen and oxygen atoms in total. The molecule has 0 saturated carbocycles. The number of thiazole rings is 1. The van der Waals surface area contributed by atoms with E-state index in [1.54, 1.807) is 11.3 Å². The molecule has 1 aromatic carbocycles. The van der Waals surface area contributed by atoms with E-state index in [1.165, 1.54) is 18.7 Å². The van der Waals surface area contributed by atoms with E-state index in [9.17, 15) is 0 Å². The average Bonchev–Trinajstić information content (AvgIpc) is 2.62. The summed E-state index contributed by atoms with van der Waals surface area (Å²) in [5.41, 5.74) is 1.95. The van der Waals surface area contributed by atoms with E-state index in [4.69, 9.17) is 0 Å². The van der Waals surface area contributed by atoms with Crippen LogP contribution >= 0.6 is 11.3 Å². The molecule has 0 aliphatic carbocycles. The molecule has 3 aromatic rings. The van der Waals surface area contributed by atoms with Crippen LogP contribution in [0.2, 0.25) is 0 Å². The first-order valence-corrected chi connectivity index (χ1v) is 6.25. The van der Waals surface area contributed by atoms with Gasteiger partial charge in [0.2, 0.25) is 0 Å². The van der Waals surface area contributed by atoms with Crippen LogP contribution in [0.5, 0.6) is 0 Å². The zero-order valence-electron chi connectivity index (χ0n) is 6.15. The van der Waals surface area contributed by atoms with Gasteiger partial charge in [0, 0.05) is 0 Å². The number of aromatic nitrogens is 1. The number of rotatable bonds is 0. The molecule has 3 rings (SSSR count). The predicted octanol–water partition coefficient (Wildman–Crippen LogP) is 2.51. The van der Waals surface area contributed by atoms with Gasteiger partial charge in [-0.25, -0.2) is 0 Å². The Bertz CT molecular complexity index is 536. The van der Waals surface area contributed by atoms with Crippen LogP contribution in [-0.4, -0.2) is 19.5 Å². The fraction of sp³-hybridized carbons (Fsp3) is 0. The molecular formula is C9H5NSSe. The van der Waals surface area contributed by atoms with E-state index in [0.717, 1.165) is 0 Å². The molecule has 2 heterocycles. The van der Waals surface area contributed by atoms with E-state index in [-0.39, 0.29) is 0 Å². The molecule has 2 aromatic heterocycles. The van der Waals surface area contributed by atoms with Gasteiger partial charge < -0.3 is 0 Å². The van der Waals surface area contributed by atoms with Gasteiger partial charge in [-0.2, -0.15) is 0 Å². The van der Waals surface area contributed by atoms with Crippen LogP contribution in [0.4, 0.5) is 0 Å². The Balaban J connectivity index is 2.68. The van der Waals surface area contributed by atoms with Gasteiger partial charge >= 0.3 is 79.3 Å². The molecule has 0 amide bonds. The van der Waals surface area contributed by atoms with Crippen molar-refractivity contribution < 1.29 is 0 Å². The standard InChI is InChI=1S/C9H5NSSe/c1-2-4-7-6(3-1)8-9(12-7)10-5-11-8/h1-5H. The fourth-order valence-corrected chi connectivity index (χ4v) is 4.85. The summed E-state index contributed by atoms with van der Waals surface area (Å²) in [6.45, 7) is 0. The van der Waals surface area contributed by atoms with Crippen LogP contribution in [-0.2, 0) is 0 Å². The van der Waals surface area contributed by atoms with Gasteiger partial charge in [0.15, 0.2) is 0 Å². The molecule has 0 unspecified atom stereocenters. The Labute approximate surface area is 79.4 Å². The van der Waals surface area contributed by atoms with Gasteiger partial charge in [-0.15, -0.1) is 0 Å². The van der Waals surface area contributed by atoms with E-state index < -0.39 is 0 Å². The molecule has 0 spiro atoms. The summed E-state index contributed by atoms with van der Waals surface area (Å²) in [5.74, 6) is 0. The molecule has 0 atom stereocenters. The van der Waals surface area contributed by atoms with Crippen LogP contribution in [0.25, 0.3) is 18.7 Å². The monoisotopic (exact) mass is 239 g/mol. The quantitative estimate of drug-likeness (QED) is 0.548. The van der Waals surface area contributed by atoms with Crippen molar-refractivity contribution in [1.82, 2.24) is 4.98 Å². The summed E-state index contributed by atoms with van der Waals surface area (Å²) in [7, 11) is 0. The average molecular weight is 238 g/mol. The number of nitrogens with zero attached hydrogens (tertiary/aromatic N) is 1. The zero-order chi connectivity index (χ0) is 7.97. The second kappa shape index (κ2) is 2.43. The number of hydrogen-bond donors (Lipinski definition) is 0. The van der Waals surface area contributed by atoms with Crippen molar-refractivity contribution in [3.63, 3.8) is 0 Å². The molecule has 0 saturated heterocycles. The Morgan fingerprint density at radius 2 is 2.17 bits per heavy atom. The summed E-state index contributed by atoms with van der Waals surface area (Å²) in [5, 5.41) is 1.41. The van der Waals surface area contributed by atoms with Crippen LogP contribution < -0.4 is 0 Å². The first kappa shape index (κ1) is 6.84. The summed E-state index contributed by atoms with van der Waals surface area (Å²) in [4.78, 5) is 4.36. The van der Waals surface area contributed by atoms with Gasteiger partial charge in [-0.1, -0.05) is 0 Å². The molecule has 0 bridgehead atoms. The second-order valence-electron chi connectivity index (χ2n) is 2.58. The minimum atomic E-state index is 0.464. The predicted molar refractivity (Wildman–Crippen MR) is 54.1 cm³/mol. The minimum absolute atomic E-state index is 0.464. The van der Waals surface area contributed by atoms with Crippen molar-refractivity contribution in [1.29, 1.82) is 0 Å². The van der Waals surface area contributed by atoms with Crippen LogP contribution in [0.3, 0.4) is 0 Å². The van der Waals surface area contributed by atoms with Gasteiger partial charge in [0.05, 0.1) is 0 Å². The first-order valence-electron chi connectivity index (χ1n) is 3.66. The van der Waals surface area contributed by atoms with Gasteiger partial charge in [0.25, 0.3) is 0 Å². The van der Waals surface area contributed by atoms with Gasteiger partial charge in [0.1, 0.15) is 0 Å².